The van der Waals surface area contributed by atoms with Crippen molar-refractivity contribution >= 4 is 11.7 Å². The summed E-state index contributed by atoms with van der Waals surface area (Å²) in [5, 5.41) is 3.09. The molecular weight excluding hydrogens is 390 g/mol. The molecule has 2 aromatic carbocycles. The number of ether oxygens (including phenoxy) is 2. The van der Waals surface area contributed by atoms with Crippen LogP contribution in [-0.4, -0.2) is 44.3 Å². The highest BCUT2D eigenvalue weighted by atomic mass is 16.5. The monoisotopic (exact) mass is 425 g/mol. The lowest BCUT2D eigenvalue weighted by atomic mass is 10.1. The molecule has 31 heavy (non-hydrogen) atoms. The van der Waals surface area contributed by atoms with Crippen molar-refractivity contribution in [3.8, 4) is 11.5 Å². The van der Waals surface area contributed by atoms with Crippen LogP contribution >= 0.6 is 0 Å². The van der Waals surface area contributed by atoms with E-state index in [-0.39, 0.29) is 18.2 Å². The van der Waals surface area contributed by atoms with Crippen molar-refractivity contribution in [2.24, 2.45) is 0 Å². The van der Waals surface area contributed by atoms with Crippen LogP contribution in [0.1, 0.15) is 50.8 Å². The molecule has 1 N–H and O–H groups in total. The number of urea groups is 1. The molecule has 6 heteroatoms. The Balaban J connectivity index is 1.65. The maximum absolute atomic E-state index is 12.9. The highest BCUT2D eigenvalue weighted by molar-refractivity contribution is 5.75. The predicted molar refractivity (Wildman–Crippen MR) is 125 cm³/mol. The number of para-hydroxylation sites is 1. The van der Waals surface area contributed by atoms with Gasteiger partial charge in [-0.1, -0.05) is 24.3 Å². The zero-order chi connectivity index (χ0) is 22.4. The van der Waals surface area contributed by atoms with Crippen molar-refractivity contribution < 1.29 is 14.3 Å². The minimum Gasteiger partial charge on any atom is -0.493 e. The first-order chi connectivity index (χ1) is 14.9. The summed E-state index contributed by atoms with van der Waals surface area (Å²) in [6.45, 7) is 8.67. The van der Waals surface area contributed by atoms with Crippen molar-refractivity contribution in [3.05, 3.63) is 53.6 Å². The van der Waals surface area contributed by atoms with Gasteiger partial charge in [-0.05, 0) is 62.9 Å². The summed E-state index contributed by atoms with van der Waals surface area (Å²) in [7, 11) is 3.46. The summed E-state index contributed by atoms with van der Waals surface area (Å²) in [5.41, 5.74) is 3.37. The number of hydrogen-bond acceptors (Lipinski definition) is 4. The van der Waals surface area contributed by atoms with E-state index in [0.29, 0.717) is 18.0 Å². The van der Waals surface area contributed by atoms with E-state index in [4.69, 9.17) is 9.47 Å². The van der Waals surface area contributed by atoms with E-state index in [0.717, 1.165) is 18.7 Å². The number of hydrogen-bond donors (Lipinski definition) is 1. The Morgan fingerprint density at radius 2 is 1.81 bits per heavy atom. The lowest BCUT2D eigenvalue weighted by Gasteiger charge is -2.26. The first-order valence-electron chi connectivity index (χ1n) is 11.1. The predicted octanol–water partition coefficient (Wildman–Crippen LogP) is 4.99. The second-order valence-electron chi connectivity index (χ2n) is 8.43. The third kappa shape index (κ3) is 5.84. The number of nitrogens with one attached hydrogen (secondary N) is 1. The van der Waals surface area contributed by atoms with Gasteiger partial charge >= 0.3 is 6.03 Å². The number of rotatable bonds is 8. The molecule has 0 radical (unpaired) electrons. The van der Waals surface area contributed by atoms with Crippen LogP contribution in [0.25, 0.3) is 0 Å². The van der Waals surface area contributed by atoms with Crippen LogP contribution < -0.4 is 19.7 Å². The average molecular weight is 426 g/mol. The summed E-state index contributed by atoms with van der Waals surface area (Å²) in [6.07, 6.45) is 2.52. The zero-order valence-corrected chi connectivity index (χ0v) is 19.4. The van der Waals surface area contributed by atoms with E-state index < -0.39 is 0 Å². The van der Waals surface area contributed by atoms with Gasteiger partial charge in [-0.25, -0.2) is 4.79 Å². The van der Waals surface area contributed by atoms with Gasteiger partial charge in [-0.2, -0.15) is 0 Å². The first kappa shape index (κ1) is 22.8. The van der Waals surface area contributed by atoms with Gasteiger partial charge in [0.25, 0.3) is 0 Å². The van der Waals surface area contributed by atoms with Gasteiger partial charge in [0, 0.05) is 32.4 Å². The molecule has 1 heterocycles. The molecule has 1 aliphatic heterocycles. The number of benzene rings is 2. The molecule has 6 nitrogen and oxygen atoms in total. The minimum absolute atomic E-state index is 0.0639. The van der Waals surface area contributed by atoms with E-state index >= 15 is 0 Å². The van der Waals surface area contributed by atoms with E-state index in [2.05, 4.69) is 28.4 Å². The molecule has 2 aromatic rings. The Bertz CT molecular complexity index is 878. The minimum atomic E-state index is -0.161. The molecule has 0 spiro atoms. The standard InChI is InChI=1S/C25H35N3O3/c1-18(2)31-23-13-12-20(16-24(23)30-5)19(3)26-25(29)27(4)17-21-10-6-7-11-22(21)28-14-8-9-15-28/h6-7,10-13,16,18-19H,8-9,14-15,17H2,1-5H3,(H,26,29). The SMILES string of the molecule is COc1cc(C(C)NC(=O)N(C)Cc2ccccc2N2CCCC2)ccc1OC(C)C. The third-order valence-electron chi connectivity index (χ3n) is 5.58. The van der Waals surface area contributed by atoms with Gasteiger partial charge in [0.2, 0.25) is 0 Å². The van der Waals surface area contributed by atoms with Crippen molar-refractivity contribution in [1.29, 1.82) is 0 Å². The average Bonchev–Trinajstić information content (AvgIpc) is 3.28. The molecule has 1 aliphatic rings. The third-order valence-corrected chi connectivity index (χ3v) is 5.58. The number of nitrogens with zero attached hydrogens (tertiary/aromatic N) is 2. The van der Waals surface area contributed by atoms with E-state index in [1.165, 1.54) is 24.1 Å². The maximum atomic E-state index is 12.9. The molecule has 1 saturated heterocycles. The fourth-order valence-corrected chi connectivity index (χ4v) is 3.92. The molecule has 0 aromatic heterocycles. The summed E-state index contributed by atoms with van der Waals surface area (Å²) in [5.74, 6) is 1.37. The molecular formula is C25H35N3O3. The summed E-state index contributed by atoms with van der Waals surface area (Å²) >= 11 is 0. The number of methoxy groups -OCH3 is 1. The molecule has 1 atom stereocenters. The number of carbonyl (C=O) groups excluding carboxylic acids is 1. The van der Waals surface area contributed by atoms with Crippen LogP contribution in [0.3, 0.4) is 0 Å². The normalized spacial score (nSPS) is 14.5. The molecule has 3 rings (SSSR count). The Morgan fingerprint density at radius 3 is 2.48 bits per heavy atom. The highest BCUT2D eigenvalue weighted by Crippen LogP contribution is 2.31. The molecule has 0 bridgehead atoms. The summed E-state index contributed by atoms with van der Waals surface area (Å²) < 4.78 is 11.3. The van der Waals surface area contributed by atoms with Crippen molar-refractivity contribution in [1.82, 2.24) is 10.2 Å². The van der Waals surface area contributed by atoms with Crippen molar-refractivity contribution in [3.63, 3.8) is 0 Å². The van der Waals surface area contributed by atoms with Crippen molar-refractivity contribution in [2.75, 3.05) is 32.1 Å². The van der Waals surface area contributed by atoms with Gasteiger partial charge < -0.3 is 24.6 Å². The second-order valence-corrected chi connectivity index (χ2v) is 8.43. The van der Waals surface area contributed by atoms with E-state index in [9.17, 15) is 4.79 Å². The molecule has 168 valence electrons. The van der Waals surface area contributed by atoms with Crippen LogP contribution in [0.4, 0.5) is 10.5 Å². The molecule has 2 amide bonds. The molecule has 1 fully saturated rings. The number of anilines is 1. The summed E-state index contributed by atoms with van der Waals surface area (Å²) in [4.78, 5) is 17.0. The van der Waals surface area contributed by atoms with E-state index in [1.54, 1.807) is 12.0 Å². The molecule has 1 unspecified atom stereocenters. The van der Waals surface area contributed by atoms with Crippen LogP contribution in [0, 0.1) is 0 Å². The first-order valence-corrected chi connectivity index (χ1v) is 11.1. The Morgan fingerprint density at radius 1 is 1.10 bits per heavy atom. The maximum Gasteiger partial charge on any atom is 0.317 e. The van der Waals surface area contributed by atoms with Crippen LogP contribution in [-0.2, 0) is 6.54 Å². The lowest BCUT2D eigenvalue weighted by molar-refractivity contribution is 0.203. The van der Waals surface area contributed by atoms with Gasteiger partial charge in [0.15, 0.2) is 11.5 Å². The van der Waals surface area contributed by atoms with Gasteiger partial charge in [-0.3, -0.25) is 0 Å². The largest absolute Gasteiger partial charge is 0.493 e. The molecule has 0 saturated carbocycles. The van der Waals surface area contributed by atoms with Gasteiger partial charge in [0.1, 0.15) is 0 Å². The van der Waals surface area contributed by atoms with Crippen molar-refractivity contribution in [2.45, 2.75) is 52.3 Å². The Labute approximate surface area is 186 Å². The topological polar surface area (TPSA) is 54.0 Å². The van der Waals surface area contributed by atoms with Gasteiger partial charge in [-0.15, -0.1) is 0 Å². The number of amides is 2. The van der Waals surface area contributed by atoms with Crippen LogP contribution in [0.2, 0.25) is 0 Å². The Kier molecular flexibility index (Phi) is 7.66. The highest BCUT2D eigenvalue weighted by Gasteiger charge is 2.19. The number of carbonyl (C=O) groups is 1. The fraction of sp³-hybridized carbons (Fsp3) is 0.480. The quantitative estimate of drug-likeness (QED) is 0.648. The Hall–Kier alpha value is -2.89. The molecule has 0 aliphatic carbocycles. The summed E-state index contributed by atoms with van der Waals surface area (Å²) in [6, 6.07) is 13.9. The van der Waals surface area contributed by atoms with Crippen LogP contribution in [0.15, 0.2) is 42.5 Å². The lowest BCUT2D eigenvalue weighted by Crippen LogP contribution is -2.38. The smallest absolute Gasteiger partial charge is 0.317 e. The zero-order valence-electron chi connectivity index (χ0n) is 19.4. The van der Waals surface area contributed by atoms with E-state index in [1.807, 2.05) is 52.1 Å². The van der Waals surface area contributed by atoms with Gasteiger partial charge in [0.05, 0.1) is 19.3 Å². The fourth-order valence-electron chi connectivity index (χ4n) is 3.92. The second kappa shape index (κ2) is 10.4. The van der Waals surface area contributed by atoms with Crippen LogP contribution in [0.5, 0.6) is 11.5 Å².